The predicted octanol–water partition coefficient (Wildman–Crippen LogP) is 0.953. The van der Waals surface area contributed by atoms with Gasteiger partial charge in [0.15, 0.2) is 0 Å². The van der Waals surface area contributed by atoms with E-state index in [-0.39, 0.29) is 11.9 Å². The van der Waals surface area contributed by atoms with E-state index in [1.54, 1.807) is 12.3 Å². The normalized spacial score (nSPS) is 20.9. The molecule has 1 amide bonds. The van der Waals surface area contributed by atoms with E-state index in [0.29, 0.717) is 12.1 Å². The van der Waals surface area contributed by atoms with Gasteiger partial charge >= 0.3 is 0 Å². The first-order chi connectivity index (χ1) is 7.66. The fourth-order valence-corrected chi connectivity index (χ4v) is 2.06. The summed E-state index contributed by atoms with van der Waals surface area (Å²) < 4.78 is 0. The molecule has 1 fully saturated rings. The Morgan fingerprint density at radius 1 is 1.62 bits per heavy atom. The first kappa shape index (κ1) is 11.1. The molecule has 4 nitrogen and oxygen atoms in total. The molecular formula is C12H17N3O. The molecule has 1 aromatic heterocycles. The molecule has 1 atom stereocenters. The fourth-order valence-electron chi connectivity index (χ4n) is 2.06. The molecule has 0 saturated carbocycles. The second kappa shape index (κ2) is 4.61. The van der Waals surface area contributed by atoms with Gasteiger partial charge in [0, 0.05) is 36.6 Å². The first-order valence-electron chi connectivity index (χ1n) is 5.64. The average molecular weight is 219 g/mol. The van der Waals surface area contributed by atoms with Gasteiger partial charge < -0.3 is 10.6 Å². The van der Waals surface area contributed by atoms with E-state index < -0.39 is 0 Å². The third kappa shape index (κ3) is 2.39. The fraction of sp³-hybridized carbons (Fsp3) is 0.500. The summed E-state index contributed by atoms with van der Waals surface area (Å²) in [6.07, 6.45) is 3.68. The standard InChI is InChI=1S/C12H17N3O/c1-9-7-10(4-5-14-9)12(16)15-6-2-3-11(13)8-15/h4-5,7,11H,2-3,6,8,13H2,1H3. The lowest BCUT2D eigenvalue weighted by Crippen LogP contribution is -2.45. The highest BCUT2D eigenvalue weighted by molar-refractivity contribution is 5.94. The minimum Gasteiger partial charge on any atom is -0.337 e. The number of hydrogen-bond acceptors (Lipinski definition) is 3. The van der Waals surface area contributed by atoms with Gasteiger partial charge in [0.05, 0.1) is 0 Å². The van der Waals surface area contributed by atoms with E-state index in [0.717, 1.165) is 25.1 Å². The van der Waals surface area contributed by atoms with Crippen molar-refractivity contribution in [2.45, 2.75) is 25.8 Å². The van der Waals surface area contributed by atoms with Crippen LogP contribution in [0.1, 0.15) is 28.9 Å². The Kier molecular flexibility index (Phi) is 3.19. The molecule has 2 heterocycles. The van der Waals surface area contributed by atoms with Gasteiger partial charge in [-0.2, -0.15) is 0 Å². The highest BCUT2D eigenvalue weighted by Gasteiger charge is 2.22. The lowest BCUT2D eigenvalue weighted by atomic mass is 10.1. The smallest absolute Gasteiger partial charge is 0.254 e. The highest BCUT2D eigenvalue weighted by atomic mass is 16.2. The van der Waals surface area contributed by atoms with Crippen LogP contribution in [0.25, 0.3) is 0 Å². The van der Waals surface area contributed by atoms with Crippen molar-refractivity contribution < 1.29 is 4.79 Å². The van der Waals surface area contributed by atoms with Gasteiger partial charge in [-0.3, -0.25) is 9.78 Å². The monoisotopic (exact) mass is 219 g/mol. The molecule has 16 heavy (non-hydrogen) atoms. The molecule has 1 saturated heterocycles. The van der Waals surface area contributed by atoms with Crippen molar-refractivity contribution in [2.75, 3.05) is 13.1 Å². The average Bonchev–Trinajstić information content (AvgIpc) is 2.28. The van der Waals surface area contributed by atoms with E-state index in [2.05, 4.69) is 4.98 Å². The molecule has 86 valence electrons. The van der Waals surface area contributed by atoms with Crippen molar-refractivity contribution in [2.24, 2.45) is 5.73 Å². The molecule has 0 radical (unpaired) electrons. The largest absolute Gasteiger partial charge is 0.337 e. The third-order valence-corrected chi connectivity index (χ3v) is 2.89. The lowest BCUT2D eigenvalue weighted by Gasteiger charge is -2.30. The summed E-state index contributed by atoms with van der Waals surface area (Å²) in [5.74, 6) is 0.0700. The summed E-state index contributed by atoms with van der Waals surface area (Å²) >= 11 is 0. The maximum Gasteiger partial charge on any atom is 0.254 e. The van der Waals surface area contributed by atoms with Crippen LogP contribution in [0.3, 0.4) is 0 Å². The summed E-state index contributed by atoms with van der Waals surface area (Å²) in [5.41, 5.74) is 7.44. The molecule has 2 N–H and O–H groups in total. The number of carbonyl (C=O) groups excluding carboxylic acids is 1. The van der Waals surface area contributed by atoms with E-state index in [1.165, 1.54) is 0 Å². The quantitative estimate of drug-likeness (QED) is 0.765. The van der Waals surface area contributed by atoms with Crippen molar-refractivity contribution in [1.29, 1.82) is 0 Å². The number of carbonyl (C=O) groups is 1. The summed E-state index contributed by atoms with van der Waals surface area (Å²) in [7, 11) is 0. The SMILES string of the molecule is Cc1cc(C(=O)N2CCCC(N)C2)ccn1. The van der Waals surface area contributed by atoms with Crippen LogP contribution in [0, 0.1) is 6.92 Å². The molecule has 0 spiro atoms. The predicted molar refractivity (Wildman–Crippen MR) is 62.1 cm³/mol. The van der Waals surface area contributed by atoms with Crippen molar-refractivity contribution in [3.05, 3.63) is 29.6 Å². The van der Waals surface area contributed by atoms with Gasteiger partial charge in [-0.05, 0) is 31.9 Å². The number of aromatic nitrogens is 1. The molecule has 0 bridgehead atoms. The van der Waals surface area contributed by atoms with Crippen LogP contribution in [0.5, 0.6) is 0 Å². The minimum absolute atomic E-state index is 0.0700. The number of nitrogens with two attached hydrogens (primary N) is 1. The Morgan fingerprint density at radius 3 is 3.12 bits per heavy atom. The maximum absolute atomic E-state index is 12.1. The Balaban J connectivity index is 2.12. The van der Waals surface area contributed by atoms with E-state index in [1.807, 2.05) is 17.9 Å². The Bertz CT molecular complexity index is 392. The van der Waals surface area contributed by atoms with Crippen molar-refractivity contribution in [3.63, 3.8) is 0 Å². The molecule has 0 aliphatic carbocycles. The van der Waals surface area contributed by atoms with E-state index >= 15 is 0 Å². The third-order valence-electron chi connectivity index (χ3n) is 2.89. The van der Waals surface area contributed by atoms with Crippen LogP contribution in [0.15, 0.2) is 18.3 Å². The summed E-state index contributed by atoms with van der Waals surface area (Å²) in [6, 6.07) is 3.71. The summed E-state index contributed by atoms with van der Waals surface area (Å²) in [4.78, 5) is 18.1. The van der Waals surface area contributed by atoms with Gasteiger partial charge in [-0.1, -0.05) is 0 Å². The van der Waals surface area contributed by atoms with Crippen LogP contribution in [-0.2, 0) is 0 Å². The summed E-state index contributed by atoms with van der Waals surface area (Å²) in [5, 5.41) is 0. The van der Waals surface area contributed by atoms with Gasteiger partial charge in [0.25, 0.3) is 5.91 Å². The molecule has 1 aliphatic heterocycles. The number of aryl methyl sites for hydroxylation is 1. The molecule has 0 aromatic carbocycles. The highest BCUT2D eigenvalue weighted by Crippen LogP contribution is 2.12. The van der Waals surface area contributed by atoms with Crippen LogP contribution >= 0.6 is 0 Å². The van der Waals surface area contributed by atoms with Crippen molar-refractivity contribution in [1.82, 2.24) is 9.88 Å². The van der Waals surface area contributed by atoms with Gasteiger partial charge in [-0.25, -0.2) is 0 Å². The Labute approximate surface area is 95.5 Å². The van der Waals surface area contributed by atoms with Gasteiger partial charge in [-0.15, -0.1) is 0 Å². The Hall–Kier alpha value is -1.42. The topological polar surface area (TPSA) is 59.2 Å². The molecule has 2 rings (SSSR count). The lowest BCUT2D eigenvalue weighted by molar-refractivity contribution is 0.0708. The van der Waals surface area contributed by atoms with Crippen LogP contribution in [0.2, 0.25) is 0 Å². The molecule has 1 aromatic rings. The zero-order valence-electron chi connectivity index (χ0n) is 9.52. The van der Waals surface area contributed by atoms with Crippen molar-refractivity contribution >= 4 is 5.91 Å². The number of piperidine rings is 1. The van der Waals surface area contributed by atoms with Crippen LogP contribution < -0.4 is 5.73 Å². The maximum atomic E-state index is 12.1. The van der Waals surface area contributed by atoms with Gasteiger partial charge in [0.1, 0.15) is 0 Å². The Morgan fingerprint density at radius 2 is 2.44 bits per heavy atom. The second-order valence-corrected chi connectivity index (χ2v) is 4.34. The molecule has 1 unspecified atom stereocenters. The van der Waals surface area contributed by atoms with E-state index in [4.69, 9.17) is 5.73 Å². The number of likely N-dealkylation sites (tertiary alicyclic amines) is 1. The van der Waals surface area contributed by atoms with Crippen LogP contribution in [0.4, 0.5) is 0 Å². The molecule has 1 aliphatic rings. The zero-order valence-corrected chi connectivity index (χ0v) is 9.52. The number of rotatable bonds is 1. The summed E-state index contributed by atoms with van der Waals surface area (Å²) in [6.45, 7) is 3.37. The minimum atomic E-state index is 0.0700. The number of pyridine rings is 1. The molecular weight excluding hydrogens is 202 g/mol. The van der Waals surface area contributed by atoms with Gasteiger partial charge in [0.2, 0.25) is 0 Å². The first-order valence-corrected chi connectivity index (χ1v) is 5.64. The van der Waals surface area contributed by atoms with E-state index in [9.17, 15) is 4.79 Å². The zero-order chi connectivity index (χ0) is 11.5. The second-order valence-electron chi connectivity index (χ2n) is 4.34. The van der Waals surface area contributed by atoms with Crippen molar-refractivity contribution in [3.8, 4) is 0 Å². The number of hydrogen-bond donors (Lipinski definition) is 1. The molecule has 4 heteroatoms. The van der Waals surface area contributed by atoms with Crippen LogP contribution in [-0.4, -0.2) is 34.9 Å². The number of amides is 1. The number of nitrogens with zero attached hydrogens (tertiary/aromatic N) is 2.